The van der Waals surface area contributed by atoms with Gasteiger partial charge in [-0.3, -0.25) is 28.2 Å². The number of anilines is 1. The van der Waals surface area contributed by atoms with Crippen molar-refractivity contribution in [3.63, 3.8) is 0 Å². The first-order valence-electron chi connectivity index (χ1n) is 12.8. The zero-order valence-electron chi connectivity index (χ0n) is 22.6. The number of H-pyrrole nitrogens is 1. The van der Waals surface area contributed by atoms with Crippen LogP contribution >= 0.6 is 15.6 Å². The van der Waals surface area contributed by atoms with Crippen LogP contribution in [-0.2, 0) is 32.0 Å². The van der Waals surface area contributed by atoms with E-state index in [2.05, 4.69) is 28.3 Å². The molecule has 2 unspecified atom stereocenters. The number of ether oxygens (including phenoxy) is 2. The Bertz CT molecular complexity index is 1740. The summed E-state index contributed by atoms with van der Waals surface area (Å²) in [4.78, 5) is 53.5. The summed E-state index contributed by atoms with van der Waals surface area (Å²) < 4.78 is 51.7. The molecule has 0 spiro atoms. The quantitative estimate of drug-likeness (QED) is 0.0694. The van der Waals surface area contributed by atoms with E-state index in [0.29, 0.717) is 0 Å². The number of aromatic nitrogens is 5. The van der Waals surface area contributed by atoms with E-state index >= 15 is 0 Å². The zero-order valence-corrected chi connectivity index (χ0v) is 24.4. The maximum Gasteiger partial charge on any atom is 0.481 e. The summed E-state index contributed by atoms with van der Waals surface area (Å²) in [6.07, 6.45) is -8.59. The molecule has 1 amide bonds. The number of nitrogens with zero attached hydrogens (tertiary/aromatic N) is 4. The Kier molecular flexibility index (Phi) is 9.23. The Hall–Kier alpha value is -3.21. The van der Waals surface area contributed by atoms with Crippen LogP contribution in [0.5, 0.6) is 0 Å². The summed E-state index contributed by atoms with van der Waals surface area (Å²) in [6, 6.07) is 2.82. The third kappa shape index (κ3) is 6.98. The smallest absolute Gasteiger partial charge is 0.387 e. The first-order valence-corrected chi connectivity index (χ1v) is 15.8. The molecule has 45 heavy (non-hydrogen) atoms. The van der Waals surface area contributed by atoms with Crippen molar-refractivity contribution < 1.29 is 71.5 Å². The Morgan fingerprint density at radius 2 is 1.67 bits per heavy atom. The molecule has 0 radical (unpaired) electrons. The number of nitrogens with two attached hydrogens (primary N) is 2. The molecule has 0 aromatic carbocycles. The molecule has 2 aliphatic rings. The molecule has 0 bridgehead atoms. The lowest BCUT2D eigenvalue weighted by Crippen LogP contribution is -2.46. The van der Waals surface area contributed by atoms with Crippen LogP contribution < -0.4 is 21.6 Å². The number of carbonyl (C=O) groups excluding carboxylic acids is 1. The molecule has 11 N–H and O–H groups in total. The molecule has 22 nitrogen and oxygen atoms in total. The molecule has 2 fully saturated rings. The second-order valence-electron chi connectivity index (χ2n) is 9.88. The number of phosphoric ester groups is 2. The Morgan fingerprint density at radius 3 is 2.31 bits per heavy atom. The van der Waals surface area contributed by atoms with Gasteiger partial charge in [0.25, 0.3) is 17.7 Å². The number of nitrogens with one attached hydrogen (secondary N) is 1. The average Bonchev–Trinajstić information content (AvgIpc) is 3.60. The van der Waals surface area contributed by atoms with Gasteiger partial charge in [0.1, 0.15) is 36.1 Å². The van der Waals surface area contributed by atoms with Crippen LogP contribution in [0.1, 0.15) is 22.8 Å². The predicted octanol–water partition coefficient (Wildman–Crippen LogP) is -3.72. The summed E-state index contributed by atoms with van der Waals surface area (Å²) in [5.41, 5.74) is 9.91. The number of rotatable bonds is 11. The number of phosphoric acid groups is 2. The number of hydrogen-bond donors (Lipinski definition) is 9. The predicted molar refractivity (Wildman–Crippen MR) is 142 cm³/mol. The minimum absolute atomic E-state index is 0.0593. The van der Waals surface area contributed by atoms with Gasteiger partial charge in [-0.25, -0.2) is 14.1 Å². The summed E-state index contributed by atoms with van der Waals surface area (Å²) in [7, 11) is -10.8. The second-order valence-corrected chi connectivity index (χ2v) is 12.9. The minimum Gasteiger partial charge on any atom is -0.387 e. The third-order valence-corrected chi connectivity index (χ3v) is 9.41. The number of amides is 1. The van der Waals surface area contributed by atoms with Crippen LogP contribution in [0.25, 0.3) is 11.2 Å². The largest absolute Gasteiger partial charge is 0.481 e. The lowest BCUT2D eigenvalue weighted by Gasteiger charge is -2.20. The van der Waals surface area contributed by atoms with Crippen LogP contribution in [0.2, 0.25) is 0 Å². The topological polar surface area (TPSA) is 338 Å². The van der Waals surface area contributed by atoms with Crippen LogP contribution in [0.4, 0.5) is 5.95 Å². The van der Waals surface area contributed by atoms with Gasteiger partial charge in [-0.15, -0.1) is 0 Å². The van der Waals surface area contributed by atoms with Crippen molar-refractivity contribution in [2.75, 3.05) is 18.9 Å². The number of imidazole rings is 1. The van der Waals surface area contributed by atoms with E-state index < -0.39 is 89.4 Å². The molecule has 0 saturated carbocycles. The lowest BCUT2D eigenvalue weighted by atomic mass is 10.1. The molecule has 5 rings (SSSR count). The summed E-state index contributed by atoms with van der Waals surface area (Å²) in [6.45, 7) is -1.87. The highest BCUT2D eigenvalue weighted by Crippen LogP contribution is 2.60. The zero-order chi connectivity index (χ0) is 32.8. The van der Waals surface area contributed by atoms with Crippen LogP contribution in [0.3, 0.4) is 0 Å². The number of hydrogen-bond acceptors (Lipinski definition) is 16. The fraction of sp³-hybridized carbons (Fsp3) is 0.476. The van der Waals surface area contributed by atoms with E-state index in [1.807, 2.05) is 0 Å². The molecule has 2 saturated heterocycles. The number of primary amides is 1. The molecule has 3 aromatic heterocycles. The molecule has 10 atom stereocenters. The highest BCUT2D eigenvalue weighted by Gasteiger charge is 2.50. The van der Waals surface area contributed by atoms with Crippen molar-refractivity contribution in [3.05, 3.63) is 46.8 Å². The van der Waals surface area contributed by atoms with Crippen molar-refractivity contribution in [1.82, 2.24) is 19.5 Å². The van der Waals surface area contributed by atoms with E-state index in [1.54, 1.807) is 0 Å². The minimum atomic E-state index is -5.41. The Labute approximate surface area is 250 Å². The standard InChI is InChI=1S/C21H27N7O15P2/c22-16(33)8-2-1-3-27(4-8)19-14(31)12(29)9(41-19)5-39-44(35,36)43-45(37,38)40-6-10-13(30)15(32)20(42-10)28-7-24-11-17(28)25-21(23)26-18(11)34/h1-4,7,9-10,12-15,19-20,29-32H,5-6H2,(H6-,22,23,25,26,33,34,35,36,37,38)/p+1/t9-,10+,12-,13-,14-,15-,19-,20+/m1/s1. The number of aliphatic hydroxyl groups is 4. The molecule has 0 aliphatic carbocycles. The number of fused-ring (bicyclic) bond motifs is 1. The summed E-state index contributed by atoms with van der Waals surface area (Å²) >= 11 is 0. The molecular weight excluding hydrogens is 652 g/mol. The van der Waals surface area contributed by atoms with Gasteiger partial charge in [0.15, 0.2) is 35.9 Å². The first-order chi connectivity index (χ1) is 21.1. The van der Waals surface area contributed by atoms with Gasteiger partial charge in [-0.2, -0.15) is 13.9 Å². The lowest BCUT2D eigenvalue weighted by molar-refractivity contribution is -0.765. The highest BCUT2D eigenvalue weighted by atomic mass is 31.3. The maximum absolute atomic E-state index is 12.4. The number of aliphatic hydroxyl groups excluding tert-OH is 4. The molecule has 24 heteroatoms. The SMILES string of the molecule is NC(=O)c1ccc[n+]([C@@H]2O[C@H](COP(=O)(O)OP(=O)(O)OC[C@@H]3O[C@H](n4cnc5c(=O)[nH]c(N)nc54)[C@H](O)[C@@H]3O)[C@@H](O)[C@H]2O)c1. The van der Waals surface area contributed by atoms with Crippen LogP contribution in [-0.4, -0.2) is 105 Å². The van der Waals surface area contributed by atoms with Crippen molar-refractivity contribution >= 4 is 38.7 Å². The highest BCUT2D eigenvalue weighted by molar-refractivity contribution is 7.61. The maximum atomic E-state index is 12.4. The average molecular weight is 680 g/mol. The monoisotopic (exact) mass is 680 g/mol. The summed E-state index contributed by atoms with van der Waals surface area (Å²) in [5, 5.41) is 41.6. The van der Waals surface area contributed by atoms with Gasteiger partial charge in [-0.05, 0) is 6.07 Å². The van der Waals surface area contributed by atoms with Gasteiger partial charge < -0.3 is 51.2 Å². The van der Waals surface area contributed by atoms with Crippen LogP contribution in [0, 0.1) is 0 Å². The Morgan fingerprint density at radius 1 is 1.04 bits per heavy atom. The van der Waals surface area contributed by atoms with Gasteiger partial charge in [-0.1, -0.05) is 0 Å². The van der Waals surface area contributed by atoms with E-state index in [0.717, 1.165) is 10.9 Å². The summed E-state index contributed by atoms with van der Waals surface area (Å²) in [5.74, 6) is -1.04. The van der Waals surface area contributed by atoms with E-state index in [-0.39, 0.29) is 22.7 Å². The van der Waals surface area contributed by atoms with E-state index in [9.17, 15) is 48.9 Å². The molecule has 3 aromatic rings. The Balaban J connectivity index is 1.17. The molecule has 246 valence electrons. The van der Waals surface area contributed by atoms with Gasteiger partial charge in [0, 0.05) is 6.07 Å². The fourth-order valence-electron chi connectivity index (χ4n) is 4.65. The van der Waals surface area contributed by atoms with Crippen molar-refractivity contribution in [3.8, 4) is 0 Å². The first kappa shape index (κ1) is 33.2. The normalized spacial score (nSPS) is 31.2. The van der Waals surface area contributed by atoms with Crippen molar-refractivity contribution in [2.24, 2.45) is 5.73 Å². The second kappa shape index (κ2) is 12.5. The van der Waals surface area contributed by atoms with Gasteiger partial charge in [0.2, 0.25) is 5.95 Å². The van der Waals surface area contributed by atoms with Gasteiger partial charge in [0.05, 0.1) is 19.5 Å². The van der Waals surface area contributed by atoms with Crippen molar-refractivity contribution in [1.29, 1.82) is 0 Å². The van der Waals surface area contributed by atoms with Gasteiger partial charge >= 0.3 is 15.6 Å². The number of aromatic amines is 1. The van der Waals surface area contributed by atoms with E-state index in [1.165, 1.54) is 29.1 Å². The van der Waals surface area contributed by atoms with Crippen LogP contribution in [0.15, 0.2) is 35.6 Å². The fourth-order valence-corrected chi connectivity index (χ4v) is 6.74. The third-order valence-electron chi connectivity index (χ3n) is 6.81. The molecule has 5 heterocycles. The van der Waals surface area contributed by atoms with Crippen molar-refractivity contribution in [2.45, 2.75) is 49.1 Å². The number of nitrogen functional groups attached to an aromatic ring is 1. The molecule has 2 aliphatic heterocycles. The number of carbonyl (C=O) groups is 1. The molecular formula is C21H28N7O15P2+. The van der Waals surface area contributed by atoms with E-state index in [4.69, 9.17) is 20.9 Å². The number of pyridine rings is 1.